The Morgan fingerprint density at radius 3 is 2.65 bits per heavy atom. The van der Waals surface area contributed by atoms with Crippen LogP contribution in [0.4, 0.5) is 5.82 Å². The highest BCUT2D eigenvalue weighted by Crippen LogP contribution is 2.31. The van der Waals surface area contributed by atoms with Gasteiger partial charge in [0.15, 0.2) is 0 Å². The molecule has 0 bridgehead atoms. The smallest absolute Gasteiger partial charge is 0.308 e. The maximum Gasteiger partial charge on any atom is 0.308 e. The van der Waals surface area contributed by atoms with Crippen molar-refractivity contribution in [3.05, 3.63) is 59.7 Å². The summed E-state index contributed by atoms with van der Waals surface area (Å²) in [5.74, 6) is 0.407. The second-order valence-electron chi connectivity index (χ2n) is 5.22. The Morgan fingerprint density at radius 2 is 2.00 bits per heavy atom. The van der Waals surface area contributed by atoms with E-state index in [1.807, 2.05) is 41.0 Å². The molecule has 5 nitrogen and oxygen atoms in total. The van der Waals surface area contributed by atoms with E-state index in [4.69, 9.17) is 10.5 Å². The largest absolute Gasteiger partial charge is 0.427 e. The highest BCUT2D eigenvalue weighted by atomic mass is 16.5. The van der Waals surface area contributed by atoms with Gasteiger partial charge >= 0.3 is 5.97 Å². The van der Waals surface area contributed by atoms with Gasteiger partial charge < -0.3 is 15.0 Å². The van der Waals surface area contributed by atoms with Crippen LogP contribution in [-0.2, 0) is 11.3 Å². The first-order chi connectivity index (χ1) is 11.1. The third-order valence-electron chi connectivity index (χ3n) is 3.63. The third-order valence-corrected chi connectivity index (χ3v) is 3.63. The van der Waals surface area contributed by atoms with Gasteiger partial charge in [-0.25, -0.2) is 0 Å². The van der Waals surface area contributed by atoms with Gasteiger partial charge in [0, 0.05) is 18.9 Å². The van der Waals surface area contributed by atoms with Gasteiger partial charge in [-0.15, -0.1) is 0 Å². The van der Waals surface area contributed by atoms with E-state index < -0.39 is 5.97 Å². The van der Waals surface area contributed by atoms with E-state index in [-0.39, 0.29) is 0 Å². The number of nitriles is 1. The zero-order chi connectivity index (χ0) is 16.4. The summed E-state index contributed by atoms with van der Waals surface area (Å²) in [4.78, 5) is 11.1. The number of ether oxygens (including phenoxy) is 1. The number of carbonyl (C=O) groups excluding carboxylic acids is 1. The fraction of sp³-hybridized carbons (Fsp3) is 0.111. The van der Waals surface area contributed by atoms with E-state index in [0.29, 0.717) is 29.1 Å². The van der Waals surface area contributed by atoms with Crippen molar-refractivity contribution in [2.75, 3.05) is 5.73 Å². The summed E-state index contributed by atoms with van der Waals surface area (Å²) in [6.07, 6.45) is 0. The molecular formula is C18H15N3O2. The van der Waals surface area contributed by atoms with Gasteiger partial charge in [0.25, 0.3) is 0 Å². The van der Waals surface area contributed by atoms with Crippen LogP contribution in [-0.4, -0.2) is 10.5 Å². The Bertz CT molecular complexity index is 921. The van der Waals surface area contributed by atoms with Gasteiger partial charge in [-0.05, 0) is 23.8 Å². The lowest BCUT2D eigenvalue weighted by Gasteiger charge is -2.08. The second kappa shape index (κ2) is 5.85. The number of anilines is 1. The summed E-state index contributed by atoms with van der Waals surface area (Å²) in [6.45, 7) is 1.90. The molecule has 114 valence electrons. The minimum atomic E-state index is -0.403. The number of benzene rings is 2. The number of fused-ring (bicyclic) bond motifs is 1. The highest BCUT2D eigenvalue weighted by molar-refractivity contribution is 5.93. The van der Waals surface area contributed by atoms with Gasteiger partial charge in [-0.3, -0.25) is 4.79 Å². The summed E-state index contributed by atoms with van der Waals surface area (Å²) >= 11 is 0. The SMILES string of the molecule is CC(=O)Oc1ccc2c(c1)c(C#N)c(N)n2Cc1ccccc1. The van der Waals surface area contributed by atoms with E-state index in [9.17, 15) is 10.1 Å². The monoisotopic (exact) mass is 305 g/mol. The minimum Gasteiger partial charge on any atom is -0.427 e. The molecule has 3 aromatic rings. The van der Waals surface area contributed by atoms with Crippen molar-refractivity contribution in [3.8, 4) is 11.8 Å². The molecule has 2 aromatic carbocycles. The van der Waals surface area contributed by atoms with E-state index in [0.717, 1.165) is 11.1 Å². The second-order valence-corrected chi connectivity index (χ2v) is 5.22. The summed E-state index contributed by atoms with van der Waals surface area (Å²) in [7, 11) is 0. The molecule has 0 fully saturated rings. The Hall–Kier alpha value is -3.26. The standard InChI is InChI=1S/C18H15N3O2/c1-12(22)23-14-7-8-17-15(9-14)16(10-19)18(20)21(17)11-13-5-3-2-4-6-13/h2-9H,11,20H2,1H3. The normalized spacial score (nSPS) is 10.4. The Kier molecular flexibility index (Phi) is 3.73. The minimum absolute atomic E-state index is 0.393. The van der Waals surface area contributed by atoms with Crippen molar-refractivity contribution >= 4 is 22.7 Å². The van der Waals surface area contributed by atoms with Crippen molar-refractivity contribution < 1.29 is 9.53 Å². The zero-order valence-electron chi connectivity index (χ0n) is 12.6. The van der Waals surface area contributed by atoms with Crippen LogP contribution >= 0.6 is 0 Å². The number of hydrogen-bond donors (Lipinski definition) is 1. The van der Waals surface area contributed by atoms with Crippen LogP contribution in [0.15, 0.2) is 48.5 Å². The molecule has 5 heteroatoms. The average molecular weight is 305 g/mol. The van der Waals surface area contributed by atoms with Gasteiger partial charge in [-0.1, -0.05) is 30.3 Å². The van der Waals surface area contributed by atoms with Gasteiger partial charge in [0.05, 0.1) is 5.52 Å². The van der Waals surface area contributed by atoms with Crippen molar-refractivity contribution in [2.45, 2.75) is 13.5 Å². The van der Waals surface area contributed by atoms with Crippen LogP contribution in [0, 0.1) is 11.3 Å². The Labute approximate surface area is 133 Å². The fourth-order valence-corrected chi connectivity index (χ4v) is 2.64. The van der Waals surface area contributed by atoms with Gasteiger partial charge in [0.1, 0.15) is 23.2 Å². The summed E-state index contributed by atoms with van der Waals surface area (Å²) in [6, 6.07) is 17.2. The van der Waals surface area contributed by atoms with Crippen LogP contribution in [0.2, 0.25) is 0 Å². The van der Waals surface area contributed by atoms with Gasteiger partial charge in [0.2, 0.25) is 0 Å². The number of nitrogen functional groups attached to an aromatic ring is 1. The third kappa shape index (κ3) is 2.74. The van der Waals surface area contributed by atoms with Crippen LogP contribution < -0.4 is 10.5 Å². The molecule has 23 heavy (non-hydrogen) atoms. The molecule has 0 amide bonds. The number of hydrogen-bond acceptors (Lipinski definition) is 4. The quantitative estimate of drug-likeness (QED) is 0.595. The molecule has 0 aliphatic carbocycles. The maximum atomic E-state index is 11.1. The van der Waals surface area contributed by atoms with Gasteiger partial charge in [-0.2, -0.15) is 5.26 Å². The Morgan fingerprint density at radius 1 is 1.26 bits per heavy atom. The average Bonchev–Trinajstić information content (AvgIpc) is 2.79. The molecule has 0 unspecified atom stereocenters. The topological polar surface area (TPSA) is 81.0 Å². The summed E-state index contributed by atoms with van der Waals surface area (Å²) in [5, 5.41) is 10.1. The summed E-state index contributed by atoms with van der Waals surface area (Å²) in [5.41, 5.74) is 8.47. The number of nitrogens with two attached hydrogens (primary N) is 1. The van der Waals surface area contributed by atoms with E-state index in [1.54, 1.807) is 12.1 Å². The molecule has 0 saturated heterocycles. The molecule has 0 atom stereocenters. The molecule has 1 heterocycles. The van der Waals surface area contributed by atoms with Crippen LogP contribution in [0.3, 0.4) is 0 Å². The first-order valence-corrected chi connectivity index (χ1v) is 7.14. The zero-order valence-corrected chi connectivity index (χ0v) is 12.6. The molecule has 1 aromatic heterocycles. The highest BCUT2D eigenvalue weighted by Gasteiger charge is 2.16. The van der Waals surface area contributed by atoms with Crippen LogP contribution in [0.5, 0.6) is 5.75 Å². The van der Waals surface area contributed by atoms with E-state index in [2.05, 4.69) is 6.07 Å². The number of nitrogens with zero attached hydrogens (tertiary/aromatic N) is 2. The first kappa shape index (κ1) is 14.7. The number of carbonyl (C=O) groups is 1. The van der Waals surface area contributed by atoms with Crippen molar-refractivity contribution in [3.63, 3.8) is 0 Å². The van der Waals surface area contributed by atoms with E-state index in [1.165, 1.54) is 6.92 Å². The lowest BCUT2D eigenvalue weighted by atomic mass is 10.1. The molecular weight excluding hydrogens is 290 g/mol. The predicted octanol–water partition coefficient (Wildman–Crippen LogP) is 3.07. The van der Waals surface area contributed by atoms with E-state index >= 15 is 0 Å². The lowest BCUT2D eigenvalue weighted by molar-refractivity contribution is -0.131. The molecule has 0 aliphatic rings. The summed E-state index contributed by atoms with van der Waals surface area (Å²) < 4.78 is 6.98. The lowest BCUT2D eigenvalue weighted by Crippen LogP contribution is -2.04. The molecule has 0 spiro atoms. The molecule has 0 saturated carbocycles. The van der Waals surface area contributed by atoms with Crippen LogP contribution in [0.25, 0.3) is 10.9 Å². The molecule has 2 N–H and O–H groups in total. The Balaban J connectivity index is 2.13. The molecule has 0 radical (unpaired) electrons. The first-order valence-electron chi connectivity index (χ1n) is 7.14. The van der Waals surface area contributed by atoms with Crippen molar-refractivity contribution in [1.29, 1.82) is 5.26 Å². The van der Waals surface area contributed by atoms with Crippen LogP contribution in [0.1, 0.15) is 18.1 Å². The van der Waals surface area contributed by atoms with Crippen molar-refractivity contribution in [1.82, 2.24) is 4.57 Å². The number of rotatable bonds is 3. The maximum absolute atomic E-state index is 11.1. The van der Waals surface area contributed by atoms with Crippen molar-refractivity contribution in [2.24, 2.45) is 0 Å². The molecule has 0 aliphatic heterocycles. The predicted molar refractivity (Wildman–Crippen MR) is 87.9 cm³/mol. The number of esters is 1. The molecule has 3 rings (SSSR count). The fourth-order valence-electron chi connectivity index (χ4n) is 2.64. The number of aromatic nitrogens is 1.